The number of carbonyl (C=O) groups is 1. The van der Waals surface area contributed by atoms with Gasteiger partial charge in [-0.15, -0.1) is 11.3 Å². The minimum Gasteiger partial charge on any atom is -0.501 e. The summed E-state index contributed by atoms with van der Waals surface area (Å²) in [4.78, 5) is 21.2. The van der Waals surface area contributed by atoms with Gasteiger partial charge < -0.3 is 15.5 Å². The van der Waals surface area contributed by atoms with E-state index < -0.39 is 17.5 Å². The van der Waals surface area contributed by atoms with Crippen molar-refractivity contribution in [3.63, 3.8) is 0 Å². The molecule has 4 rings (SSSR count). The summed E-state index contributed by atoms with van der Waals surface area (Å²) in [6, 6.07) is 13.5. The van der Waals surface area contributed by atoms with Gasteiger partial charge in [0.1, 0.15) is 0 Å². The largest absolute Gasteiger partial charge is 0.501 e. The Balaban J connectivity index is 1.55. The monoisotopic (exact) mass is 353 g/mol. The van der Waals surface area contributed by atoms with E-state index in [0.717, 1.165) is 6.42 Å². The number of carbonyl (C=O) groups excluding carboxylic acids is 1. The zero-order valence-electron chi connectivity index (χ0n) is 13.1. The van der Waals surface area contributed by atoms with Crippen LogP contribution in [0.5, 0.6) is 11.6 Å². The van der Waals surface area contributed by atoms with Crippen LogP contribution in [-0.4, -0.2) is 32.1 Å². The van der Waals surface area contributed by atoms with E-state index in [1.807, 2.05) is 41.8 Å². The van der Waals surface area contributed by atoms with Gasteiger partial charge in [-0.1, -0.05) is 36.4 Å². The van der Waals surface area contributed by atoms with Gasteiger partial charge in [0.25, 0.3) is 11.8 Å². The minimum absolute atomic E-state index is 0.00315. The highest BCUT2D eigenvalue weighted by molar-refractivity contribution is 7.13. The second kappa shape index (κ2) is 6.18. The molecular weight excluding hydrogens is 338 g/mol. The molecule has 25 heavy (non-hydrogen) atoms. The van der Waals surface area contributed by atoms with Crippen molar-refractivity contribution in [3.8, 4) is 22.3 Å². The van der Waals surface area contributed by atoms with Gasteiger partial charge in [-0.2, -0.15) is 4.98 Å². The smallest absolute Gasteiger partial charge is 0.274 e. The van der Waals surface area contributed by atoms with Crippen molar-refractivity contribution in [2.24, 2.45) is 0 Å². The Kier molecular flexibility index (Phi) is 3.85. The third-order valence-corrected chi connectivity index (χ3v) is 5.02. The van der Waals surface area contributed by atoms with Crippen molar-refractivity contribution < 1.29 is 15.0 Å². The lowest BCUT2D eigenvalue weighted by molar-refractivity contribution is 0.0941. The third-order valence-electron chi connectivity index (χ3n) is 4.16. The molecule has 2 heterocycles. The van der Waals surface area contributed by atoms with Crippen molar-refractivity contribution in [2.45, 2.75) is 18.4 Å². The Morgan fingerprint density at radius 1 is 1.12 bits per heavy atom. The number of aromatic nitrogens is 2. The zero-order valence-corrected chi connectivity index (χ0v) is 13.9. The molecule has 2 aromatic heterocycles. The summed E-state index contributed by atoms with van der Waals surface area (Å²) in [6.45, 7) is 0. The summed E-state index contributed by atoms with van der Waals surface area (Å²) < 4.78 is 0. The third kappa shape index (κ3) is 3.06. The number of hydrogen-bond donors (Lipinski definition) is 3. The molecule has 126 valence electrons. The Morgan fingerprint density at radius 2 is 1.92 bits per heavy atom. The van der Waals surface area contributed by atoms with Crippen molar-refractivity contribution in [3.05, 3.63) is 59.1 Å². The fraction of sp³-hybridized carbons (Fsp3) is 0.167. The normalized spacial score (nSPS) is 18.7. The van der Waals surface area contributed by atoms with Gasteiger partial charge in [0.05, 0.1) is 4.88 Å². The summed E-state index contributed by atoms with van der Waals surface area (Å²) in [5.74, 6) is -1.24. The molecule has 1 fully saturated rings. The Labute approximate surface area is 147 Å². The van der Waals surface area contributed by atoms with E-state index in [9.17, 15) is 15.0 Å². The summed E-state index contributed by atoms with van der Waals surface area (Å²) in [5, 5.41) is 24.5. The first kappa shape index (κ1) is 15.6. The van der Waals surface area contributed by atoms with E-state index in [1.165, 1.54) is 16.9 Å². The molecule has 3 N–H and O–H groups in total. The molecule has 1 aliphatic rings. The Bertz CT molecular complexity index is 913. The van der Waals surface area contributed by atoms with Gasteiger partial charge in [-0.05, 0) is 23.4 Å². The van der Waals surface area contributed by atoms with Crippen LogP contribution in [0.15, 0.2) is 47.8 Å². The predicted molar refractivity (Wildman–Crippen MR) is 93.7 cm³/mol. The predicted octanol–water partition coefficient (Wildman–Crippen LogP) is 2.90. The van der Waals surface area contributed by atoms with Crippen LogP contribution in [0.2, 0.25) is 0 Å². The summed E-state index contributed by atoms with van der Waals surface area (Å²) >= 11 is 1.39. The molecule has 1 aliphatic carbocycles. The summed E-state index contributed by atoms with van der Waals surface area (Å²) in [7, 11) is 0. The van der Waals surface area contributed by atoms with E-state index in [0.29, 0.717) is 4.88 Å². The van der Waals surface area contributed by atoms with Crippen LogP contribution >= 0.6 is 11.3 Å². The van der Waals surface area contributed by atoms with Crippen molar-refractivity contribution >= 4 is 17.2 Å². The standard InChI is InChI=1S/C18H15N3O3S/c22-15-14(20-16(21-18(15)24)13-7-4-8-25-13)17(23)19-12-9-11(12)10-5-2-1-3-6-10/h1-8,11-12,22H,9H2,(H,19,23)(H,20,21,24). The van der Waals surface area contributed by atoms with Crippen molar-refractivity contribution in [2.75, 3.05) is 0 Å². The fourth-order valence-corrected chi connectivity index (χ4v) is 3.43. The van der Waals surface area contributed by atoms with Crippen molar-refractivity contribution in [1.82, 2.24) is 15.3 Å². The zero-order chi connectivity index (χ0) is 17.4. The molecule has 6 nitrogen and oxygen atoms in total. The van der Waals surface area contributed by atoms with Crippen LogP contribution in [0, 0.1) is 0 Å². The molecule has 0 radical (unpaired) electrons. The molecule has 2 atom stereocenters. The van der Waals surface area contributed by atoms with E-state index in [-0.39, 0.29) is 23.5 Å². The van der Waals surface area contributed by atoms with Crippen LogP contribution < -0.4 is 5.32 Å². The molecule has 3 aromatic rings. The first-order chi connectivity index (χ1) is 12.1. The maximum Gasteiger partial charge on any atom is 0.274 e. The van der Waals surface area contributed by atoms with Crippen molar-refractivity contribution in [1.29, 1.82) is 0 Å². The second-order valence-electron chi connectivity index (χ2n) is 5.88. The lowest BCUT2D eigenvalue weighted by Gasteiger charge is -2.08. The van der Waals surface area contributed by atoms with E-state index >= 15 is 0 Å². The maximum absolute atomic E-state index is 12.5. The lowest BCUT2D eigenvalue weighted by Crippen LogP contribution is -2.27. The lowest BCUT2D eigenvalue weighted by atomic mass is 10.1. The molecule has 0 bridgehead atoms. The maximum atomic E-state index is 12.5. The van der Waals surface area contributed by atoms with E-state index in [2.05, 4.69) is 15.3 Å². The molecule has 1 saturated carbocycles. The summed E-state index contributed by atoms with van der Waals surface area (Å²) in [5.41, 5.74) is 0.955. The molecule has 0 aliphatic heterocycles. The molecule has 7 heteroatoms. The topological polar surface area (TPSA) is 95.3 Å². The highest BCUT2D eigenvalue weighted by atomic mass is 32.1. The number of thiophene rings is 1. The van der Waals surface area contributed by atoms with Gasteiger partial charge in [0.15, 0.2) is 11.5 Å². The van der Waals surface area contributed by atoms with E-state index in [1.54, 1.807) is 6.07 Å². The van der Waals surface area contributed by atoms with Crippen LogP contribution in [-0.2, 0) is 0 Å². The molecule has 0 saturated heterocycles. The number of rotatable bonds is 4. The first-order valence-corrected chi connectivity index (χ1v) is 8.71. The van der Waals surface area contributed by atoms with Gasteiger partial charge in [-0.3, -0.25) is 4.79 Å². The highest BCUT2D eigenvalue weighted by Crippen LogP contribution is 2.41. The molecular formula is C18H15N3O3S. The SMILES string of the molecule is O=C(NC1CC1c1ccccc1)c1nc(-c2cccs2)nc(O)c1O. The number of hydrogen-bond acceptors (Lipinski definition) is 6. The van der Waals surface area contributed by atoms with Crippen LogP contribution in [0.1, 0.15) is 28.4 Å². The van der Waals surface area contributed by atoms with Crippen LogP contribution in [0.25, 0.3) is 10.7 Å². The fourth-order valence-electron chi connectivity index (χ4n) is 2.78. The molecule has 2 unspecified atom stereocenters. The van der Waals surface area contributed by atoms with Crippen LogP contribution in [0.4, 0.5) is 0 Å². The average molecular weight is 353 g/mol. The second-order valence-corrected chi connectivity index (χ2v) is 6.83. The highest BCUT2D eigenvalue weighted by Gasteiger charge is 2.40. The average Bonchev–Trinajstić information content (AvgIpc) is 3.16. The van der Waals surface area contributed by atoms with Gasteiger partial charge in [-0.25, -0.2) is 4.98 Å². The van der Waals surface area contributed by atoms with Gasteiger partial charge in [0.2, 0.25) is 5.75 Å². The number of nitrogens with zero attached hydrogens (tertiary/aromatic N) is 2. The Hall–Kier alpha value is -2.93. The van der Waals surface area contributed by atoms with Gasteiger partial charge >= 0.3 is 0 Å². The quantitative estimate of drug-likeness (QED) is 0.670. The molecule has 0 spiro atoms. The van der Waals surface area contributed by atoms with Crippen LogP contribution in [0.3, 0.4) is 0 Å². The number of aromatic hydroxyl groups is 2. The summed E-state index contributed by atoms with van der Waals surface area (Å²) in [6.07, 6.45) is 0.839. The molecule has 1 amide bonds. The Morgan fingerprint density at radius 3 is 2.64 bits per heavy atom. The first-order valence-electron chi connectivity index (χ1n) is 7.83. The van der Waals surface area contributed by atoms with E-state index in [4.69, 9.17) is 0 Å². The number of nitrogens with one attached hydrogen (secondary N) is 1. The van der Waals surface area contributed by atoms with Gasteiger partial charge in [0, 0.05) is 12.0 Å². The molecule has 1 aromatic carbocycles. The number of amides is 1. The minimum atomic E-state index is -0.602. The number of benzene rings is 1.